The van der Waals surface area contributed by atoms with Crippen LogP contribution in [0.3, 0.4) is 0 Å². The molecule has 134 valence electrons. The number of hydrogen-bond donors (Lipinski definition) is 3. The molecule has 0 aromatic heterocycles. The molecule has 0 radical (unpaired) electrons. The van der Waals surface area contributed by atoms with Crippen molar-refractivity contribution in [2.24, 2.45) is 5.92 Å². The fourth-order valence-electron chi connectivity index (χ4n) is 2.63. The lowest BCUT2D eigenvalue weighted by molar-refractivity contribution is -0.141. The van der Waals surface area contributed by atoms with Crippen LogP contribution in [0.4, 0.5) is 5.69 Å². The number of halogens is 1. The number of carbonyl (C=O) groups excluding carboxylic acids is 3. The first-order chi connectivity index (χ1) is 11.7. The van der Waals surface area contributed by atoms with Crippen molar-refractivity contribution in [2.75, 3.05) is 12.4 Å². The maximum absolute atomic E-state index is 12.0. The van der Waals surface area contributed by atoms with Crippen LogP contribution in [0, 0.1) is 5.92 Å². The molecule has 0 saturated carbocycles. The highest BCUT2D eigenvalue weighted by atomic mass is 35.5. The Hall–Kier alpha value is -2.54. The van der Waals surface area contributed by atoms with Crippen molar-refractivity contribution in [3.8, 4) is 11.5 Å². The second-order valence-corrected chi connectivity index (χ2v) is 6.43. The van der Waals surface area contributed by atoms with Gasteiger partial charge in [-0.1, -0.05) is 25.4 Å². The molecular weight excluding hydrogens is 350 g/mol. The summed E-state index contributed by atoms with van der Waals surface area (Å²) in [7, 11) is 1.22. The minimum absolute atomic E-state index is 0.106. The molecular formula is C17H18ClNO6. The molecule has 1 aromatic carbocycles. The lowest BCUT2D eigenvalue weighted by Gasteiger charge is -2.23. The van der Waals surface area contributed by atoms with Gasteiger partial charge in [0, 0.05) is 0 Å². The summed E-state index contributed by atoms with van der Waals surface area (Å²) >= 11 is 6.06. The van der Waals surface area contributed by atoms with E-state index in [0.29, 0.717) is 6.42 Å². The van der Waals surface area contributed by atoms with E-state index in [1.54, 1.807) is 0 Å². The second kappa shape index (κ2) is 7.14. The number of allylic oxidation sites excluding steroid dienone is 2. The Kier molecular flexibility index (Phi) is 5.37. The Labute approximate surface area is 149 Å². The molecule has 25 heavy (non-hydrogen) atoms. The average molecular weight is 368 g/mol. The Morgan fingerprint density at radius 1 is 1.16 bits per heavy atom. The van der Waals surface area contributed by atoms with Gasteiger partial charge in [-0.15, -0.1) is 0 Å². The highest BCUT2D eigenvalue weighted by Crippen LogP contribution is 2.46. The van der Waals surface area contributed by atoms with Crippen LogP contribution in [0.5, 0.6) is 11.5 Å². The molecule has 0 amide bonds. The number of nitrogens with one attached hydrogen (secondary N) is 1. The Balaban J connectivity index is 2.58. The lowest BCUT2D eigenvalue weighted by atomic mass is 9.91. The van der Waals surface area contributed by atoms with Gasteiger partial charge in [-0.05, 0) is 24.5 Å². The molecule has 0 heterocycles. The summed E-state index contributed by atoms with van der Waals surface area (Å²) in [6.45, 7) is 3.77. The third-order valence-corrected chi connectivity index (χ3v) is 4.15. The van der Waals surface area contributed by atoms with E-state index in [9.17, 15) is 24.6 Å². The number of hydrogen-bond acceptors (Lipinski definition) is 7. The first kappa shape index (κ1) is 18.8. The third kappa shape index (κ3) is 3.46. The molecule has 2 rings (SSSR count). The van der Waals surface area contributed by atoms with Gasteiger partial charge in [0.05, 0.1) is 18.2 Å². The zero-order valence-electron chi connectivity index (χ0n) is 13.9. The van der Waals surface area contributed by atoms with E-state index in [2.05, 4.69) is 5.32 Å². The van der Waals surface area contributed by atoms with Crippen molar-refractivity contribution in [3.05, 3.63) is 28.3 Å². The fraction of sp³-hybridized carbons (Fsp3) is 0.353. The number of phenols is 2. The summed E-state index contributed by atoms with van der Waals surface area (Å²) < 4.78 is 4.73. The second-order valence-electron chi connectivity index (χ2n) is 6.05. The smallest absolute Gasteiger partial charge is 0.328 e. The molecule has 1 aliphatic carbocycles. The molecule has 1 aliphatic rings. The molecule has 0 fully saturated rings. The van der Waals surface area contributed by atoms with Gasteiger partial charge >= 0.3 is 5.97 Å². The highest BCUT2D eigenvalue weighted by Gasteiger charge is 2.33. The van der Waals surface area contributed by atoms with E-state index in [0.717, 1.165) is 12.2 Å². The summed E-state index contributed by atoms with van der Waals surface area (Å²) in [5.74, 6) is -3.02. The van der Waals surface area contributed by atoms with E-state index in [1.807, 2.05) is 13.8 Å². The predicted molar refractivity (Wildman–Crippen MR) is 91.5 cm³/mol. The maximum Gasteiger partial charge on any atom is 0.328 e. The molecule has 3 N–H and O–H groups in total. The van der Waals surface area contributed by atoms with Crippen molar-refractivity contribution < 1.29 is 29.3 Å². The van der Waals surface area contributed by atoms with Gasteiger partial charge in [-0.3, -0.25) is 9.59 Å². The van der Waals surface area contributed by atoms with Crippen molar-refractivity contribution in [2.45, 2.75) is 26.3 Å². The van der Waals surface area contributed by atoms with E-state index in [4.69, 9.17) is 16.3 Å². The van der Waals surface area contributed by atoms with Crippen molar-refractivity contribution in [1.82, 2.24) is 0 Å². The molecule has 8 heteroatoms. The van der Waals surface area contributed by atoms with Crippen LogP contribution < -0.4 is 5.32 Å². The maximum atomic E-state index is 12.0. The van der Waals surface area contributed by atoms with Gasteiger partial charge in [-0.25, -0.2) is 4.79 Å². The molecule has 0 saturated heterocycles. The average Bonchev–Trinajstić information content (AvgIpc) is 2.56. The van der Waals surface area contributed by atoms with Gasteiger partial charge in [-0.2, -0.15) is 0 Å². The standard InChI is InChI=1S/C17H18ClNO6/c1-7(2)6-8(17(24)25-3)19-14-13(18)15(22)11-9(20)4-5-10(21)12(11)16(14)23/h4-5,7-8,19,22-23H,6H2,1-3H3/t8-/m0/s1. The number of esters is 1. The monoisotopic (exact) mass is 367 g/mol. The van der Waals surface area contributed by atoms with E-state index >= 15 is 0 Å². The van der Waals surface area contributed by atoms with Gasteiger partial charge in [0.25, 0.3) is 0 Å². The first-order valence-corrected chi connectivity index (χ1v) is 7.95. The first-order valence-electron chi connectivity index (χ1n) is 7.57. The molecule has 0 aliphatic heterocycles. The van der Waals surface area contributed by atoms with Crippen LogP contribution in [0.2, 0.25) is 5.02 Å². The number of rotatable bonds is 5. The van der Waals surface area contributed by atoms with Crippen LogP contribution in [0.15, 0.2) is 12.2 Å². The minimum Gasteiger partial charge on any atom is -0.505 e. The summed E-state index contributed by atoms with van der Waals surface area (Å²) in [5.41, 5.74) is -0.922. The van der Waals surface area contributed by atoms with Crippen LogP contribution in [-0.2, 0) is 9.53 Å². The van der Waals surface area contributed by atoms with Crippen molar-refractivity contribution in [1.29, 1.82) is 0 Å². The predicted octanol–water partition coefficient (Wildman–Crippen LogP) is 2.69. The number of ether oxygens (including phenoxy) is 1. The molecule has 0 unspecified atom stereocenters. The number of carbonyl (C=O) groups is 3. The number of anilines is 1. The molecule has 0 spiro atoms. The van der Waals surface area contributed by atoms with Crippen LogP contribution in [0.25, 0.3) is 0 Å². The molecule has 0 bridgehead atoms. The summed E-state index contributed by atoms with van der Waals surface area (Å²) in [6, 6.07) is -0.865. The lowest BCUT2D eigenvalue weighted by Crippen LogP contribution is -2.32. The Morgan fingerprint density at radius 2 is 1.68 bits per heavy atom. The summed E-state index contributed by atoms with van der Waals surface area (Å²) in [6.07, 6.45) is 2.34. The number of methoxy groups -OCH3 is 1. The van der Waals surface area contributed by atoms with Crippen LogP contribution >= 0.6 is 11.6 Å². The summed E-state index contributed by atoms with van der Waals surface area (Å²) in [4.78, 5) is 35.9. The van der Waals surface area contributed by atoms with Gasteiger partial charge in [0.15, 0.2) is 17.3 Å². The minimum atomic E-state index is -0.865. The van der Waals surface area contributed by atoms with Crippen molar-refractivity contribution >= 4 is 34.8 Å². The topological polar surface area (TPSA) is 113 Å². The highest BCUT2D eigenvalue weighted by molar-refractivity contribution is 6.37. The van der Waals surface area contributed by atoms with Gasteiger partial charge < -0.3 is 20.3 Å². The SMILES string of the molecule is COC(=O)[C@H](CC(C)C)Nc1c(O)c2c(c(O)c1Cl)C(=O)C=CC2=O. The van der Waals surface area contributed by atoms with E-state index in [1.165, 1.54) is 7.11 Å². The zero-order chi connectivity index (χ0) is 18.9. The quantitative estimate of drug-likeness (QED) is 0.416. The number of ketones is 2. The number of aromatic hydroxyl groups is 2. The fourth-order valence-corrected chi connectivity index (χ4v) is 2.86. The largest absolute Gasteiger partial charge is 0.505 e. The van der Waals surface area contributed by atoms with Gasteiger partial charge in [0.2, 0.25) is 0 Å². The van der Waals surface area contributed by atoms with Gasteiger partial charge in [0.1, 0.15) is 22.5 Å². The Bertz CT molecular complexity index is 784. The number of benzene rings is 1. The molecule has 1 atom stereocenters. The van der Waals surface area contributed by atoms with E-state index in [-0.39, 0.29) is 27.8 Å². The van der Waals surface area contributed by atoms with Crippen LogP contribution in [-0.4, -0.2) is 40.9 Å². The number of phenolic OH excluding ortho intramolecular Hbond substituents is 2. The zero-order valence-corrected chi connectivity index (χ0v) is 14.7. The number of fused-ring (bicyclic) bond motifs is 1. The summed E-state index contributed by atoms with van der Waals surface area (Å²) in [5, 5.41) is 23.0. The van der Waals surface area contributed by atoms with Crippen LogP contribution in [0.1, 0.15) is 41.0 Å². The molecule has 7 nitrogen and oxygen atoms in total. The Morgan fingerprint density at radius 3 is 2.16 bits per heavy atom. The van der Waals surface area contributed by atoms with E-state index < -0.39 is 35.1 Å². The molecule has 1 aromatic rings. The third-order valence-electron chi connectivity index (χ3n) is 3.78. The van der Waals surface area contributed by atoms with Crippen molar-refractivity contribution in [3.63, 3.8) is 0 Å². The normalized spacial score (nSPS) is 14.4.